The van der Waals surface area contributed by atoms with Crippen molar-refractivity contribution in [1.82, 2.24) is 20.3 Å². The van der Waals surface area contributed by atoms with E-state index in [-0.39, 0.29) is 5.91 Å². The number of hydrogen-bond acceptors (Lipinski definition) is 7. The maximum atomic E-state index is 12.8. The highest BCUT2D eigenvalue weighted by Gasteiger charge is 2.19. The van der Waals surface area contributed by atoms with Crippen LogP contribution in [0.3, 0.4) is 0 Å². The van der Waals surface area contributed by atoms with Gasteiger partial charge >= 0.3 is 0 Å². The Hall–Kier alpha value is -3.52. The second-order valence-electron chi connectivity index (χ2n) is 7.31. The Labute approximate surface area is 190 Å². The van der Waals surface area contributed by atoms with Crippen molar-refractivity contribution in [3.8, 4) is 5.75 Å². The molecule has 0 radical (unpaired) electrons. The van der Waals surface area contributed by atoms with E-state index in [0.717, 1.165) is 39.5 Å². The van der Waals surface area contributed by atoms with E-state index in [9.17, 15) is 4.79 Å². The molecule has 3 heterocycles. The summed E-state index contributed by atoms with van der Waals surface area (Å²) in [5.74, 6) is 1.50. The van der Waals surface area contributed by atoms with Gasteiger partial charge in [-0.2, -0.15) is 0 Å². The van der Waals surface area contributed by atoms with E-state index in [2.05, 4.69) is 31.7 Å². The van der Waals surface area contributed by atoms with Crippen LogP contribution in [0, 0.1) is 6.92 Å². The van der Waals surface area contributed by atoms with Gasteiger partial charge in [-0.1, -0.05) is 18.2 Å². The van der Waals surface area contributed by atoms with Gasteiger partial charge in [0.15, 0.2) is 0 Å². The molecule has 1 amide bonds. The topological polar surface area (TPSA) is 89.0 Å². The summed E-state index contributed by atoms with van der Waals surface area (Å²) < 4.78 is 5.29. The number of aromatic nitrogens is 3. The van der Waals surface area contributed by atoms with Crippen molar-refractivity contribution < 1.29 is 9.53 Å². The molecule has 3 aromatic heterocycles. The van der Waals surface area contributed by atoms with E-state index >= 15 is 0 Å². The van der Waals surface area contributed by atoms with Crippen LogP contribution in [-0.4, -0.2) is 41.1 Å². The number of carbonyl (C=O) groups excluding carboxylic acids is 1. The first-order chi connectivity index (χ1) is 15.7. The van der Waals surface area contributed by atoms with Crippen molar-refractivity contribution in [1.29, 1.82) is 0 Å². The normalized spacial score (nSPS) is 10.8. The maximum Gasteiger partial charge on any atom is 0.261 e. The van der Waals surface area contributed by atoms with Crippen LogP contribution in [0.15, 0.2) is 55.0 Å². The van der Waals surface area contributed by atoms with Gasteiger partial charge < -0.3 is 15.4 Å². The van der Waals surface area contributed by atoms with Gasteiger partial charge in [0.2, 0.25) is 0 Å². The summed E-state index contributed by atoms with van der Waals surface area (Å²) in [6.07, 6.45) is 4.81. The lowest BCUT2D eigenvalue weighted by atomic mass is 10.1. The number of carbonyl (C=O) groups is 1. The molecular weight excluding hydrogens is 422 g/mol. The predicted molar refractivity (Wildman–Crippen MR) is 128 cm³/mol. The van der Waals surface area contributed by atoms with Crippen LogP contribution in [-0.2, 0) is 12.8 Å². The first-order valence-electron chi connectivity index (χ1n) is 10.4. The van der Waals surface area contributed by atoms with E-state index in [1.807, 2.05) is 43.3 Å². The number of pyridine rings is 1. The van der Waals surface area contributed by atoms with E-state index in [1.54, 1.807) is 13.3 Å². The number of anilines is 1. The monoisotopic (exact) mass is 447 g/mol. The van der Waals surface area contributed by atoms with E-state index in [1.165, 1.54) is 23.2 Å². The van der Waals surface area contributed by atoms with Crippen LogP contribution in [0.25, 0.3) is 10.2 Å². The molecule has 1 aromatic carbocycles. The first kappa shape index (κ1) is 21.7. The molecular formula is C24H25N5O2S. The van der Waals surface area contributed by atoms with Gasteiger partial charge in [0, 0.05) is 31.4 Å². The Morgan fingerprint density at radius 3 is 2.78 bits per heavy atom. The molecule has 7 nitrogen and oxygen atoms in total. The second kappa shape index (κ2) is 10.2. The molecule has 0 bridgehead atoms. The summed E-state index contributed by atoms with van der Waals surface area (Å²) >= 11 is 1.39. The molecule has 0 atom stereocenters. The number of hydrogen-bond donors (Lipinski definition) is 2. The molecule has 0 saturated carbocycles. The summed E-state index contributed by atoms with van der Waals surface area (Å²) in [6.45, 7) is 3.18. The number of thiophene rings is 1. The standard InChI is InChI=1S/C24H25N5O2S/c1-16-20-22(26-12-9-17-6-5-8-19(14-17)31-2)28-15-29-24(20)32-21(16)23(30)27-13-10-18-7-3-4-11-25-18/h3-8,11,14-15H,9-10,12-13H2,1-2H3,(H,27,30)(H,26,28,29). The lowest BCUT2D eigenvalue weighted by Gasteiger charge is -2.08. The summed E-state index contributed by atoms with van der Waals surface area (Å²) in [7, 11) is 1.67. The summed E-state index contributed by atoms with van der Waals surface area (Å²) in [4.78, 5) is 27.4. The fraction of sp³-hybridized carbons (Fsp3) is 0.250. The minimum atomic E-state index is -0.0937. The third-order valence-electron chi connectivity index (χ3n) is 5.17. The highest BCUT2D eigenvalue weighted by atomic mass is 32.1. The molecule has 0 fully saturated rings. The Morgan fingerprint density at radius 1 is 1.06 bits per heavy atom. The average Bonchev–Trinajstić information content (AvgIpc) is 3.17. The fourth-order valence-electron chi connectivity index (χ4n) is 3.51. The number of nitrogens with zero attached hydrogens (tertiary/aromatic N) is 3. The van der Waals surface area contributed by atoms with Crippen molar-refractivity contribution >= 4 is 33.3 Å². The third-order valence-corrected chi connectivity index (χ3v) is 6.36. The van der Waals surface area contributed by atoms with Gasteiger partial charge in [0.05, 0.1) is 17.4 Å². The van der Waals surface area contributed by atoms with Crippen LogP contribution in [0.4, 0.5) is 5.82 Å². The summed E-state index contributed by atoms with van der Waals surface area (Å²) in [5.41, 5.74) is 3.02. The number of aryl methyl sites for hydroxylation is 1. The zero-order valence-corrected chi connectivity index (χ0v) is 18.9. The number of nitrogens with one attached hydrogen (secondary N) is 2. The molecule has 2 N–H and O–H groups in total. The number of ether oxygens (including phenoxy) is 1. The van der Waals surface area contributed by atoms with Crippen molar-refractivity contribution in [3.63, 3.8) is 0 Å². The molecule has 0 spiro atoms. The maximum absolute atomic E-state index is 12.8. The van der Waals surface area contributed by atoms with Gasteiger partial charge in [-0.25, -0.2) is 9.97 Å². The SMILES string of the molecule is COc1cccc(CCNc2ncnc3sc(C(=O)NCCc4ccccn4)c(C)c23)c1. The van der Waals surface area contributed by atoms with Crippen molar-refractivity contribution in [2.75, 3.05) is 25.5 Å². The van der Waals surface area contributed by atoms with E-state index in [4.69, 9.17) is 4.74 Å². The number of benzene rings is 1. The second-order valence-corrected chi connectivity index (χ2v) is 8.31. The van der Waals surface area contributed by atoms with Gasteiger partial charge in [-0.3, -0.25) is 9.78 Å². The Kier molecular flexibility index (Phi) is 6.91. The zero-order chi connectivity index (χ0) is 22.3. The number of amides is 1. The lowest BCUT2D eigenvalue weighted by molar-refractivity contribution is 0.0957. The van der Waals surface area contributed by atoms with Crippen molar-refractivity contribution in [2.24, 2.45) is 0 Å². The van der Waals surface area contributed by atoms with Crippen LogP contribution < -0.4 is 15.4 Å². The molecule has 4 aromatic rings. The van der Waals surface area contributed by atoms with Crippen molar-refractivity contribution in [2.45, 2.75) is 19.8 Å². The van der Waals surface area contributed by atoms with Gasteiger partial charge in [0.25, 0.3) is 5.91 Å². The first-order valence-corrected chi connectivity index (χ1v) is 11.3. The van der Waals surface area contributed by atoms with Crippen LogP contribution >= 0.6 is 11.3 Å². The minimum absolute atomic E-state index is 0.0937. The van der Waals surface area contributed by atoms with Crippen molar-refractivity contribution in [3.05, 3.63) is 76.7 Å². The molecule has 32 heavy (non-hydrogen) atoms. The number of rotatable bonds is 9. The van der Waals surface area contributed by atoms with Gasteiger partial charge in [-0.15, -0.1) is 11.3 Å². The fourth-order valence-corrected chi connectivity index (χ4v) is 4.57. The largest absolute Gasteiger partial charge is 0.497 e. The Morgan fingerprint density at radius 2 is 1.97 bits per heavy atom. The number of fused-ring (bicyclic) bond motifs is 1. The molecule has 164 valence electrons. The highest BCUT2D eigenvalue weighted by molar-refractivity contribution is 7.20. The zero-order valence-electron chi connectivity index (χ0n) is 18.1. The van der Waals surface area contributed by atoms with Gasteiger partial charge in [-0.05, 0) is 48.7 Å². The van der Waals surface area contributed by atoms with E-state index < -0.39 is 0 Å². The molecule has 0 unspecified atom stereocenters. The lowest BCUT2D eigenvalue weighted by Crippen LogP contribution is -2.25. The highest BCUT2D eigenvalue weighted by Crippen LogP contribution is 2.33. The third kappa shape index (κ3) is 5.03. The molecule has 4 rings (SSSR count). The molecule has 0 aliphatic rings. The van der Waals surface area contributed by atoms with Crippen LogP contribution in [0.5, 0.6) is 5.75 Å². The van der Waals surface area contributed by atoms with Gasteiger partial charge in [0.1, 0.15) is 22.7 Å². The molecule has 0 aliphatic heterocycles. The average molecular weight is 448 g/mol. The van der Waals surface area contributed by atoms with Crippen LogP contribution in [0.2, 0.25) is 0 Å². The quantitative estimate of drug-likeness (QED) is 0.403. The number of methoxy groups -OCH3 is 1. The Balaban J connectivity index is 1.42. The Bertz CT molecular complexity index is 1210. The molecule has 8 heteroatoms. The minimum Gasteiger partial charge on any atom is -0.497 e. The van der Waals surface area contributed by atoms with E-state index in [0.29, 0.717) is 24.4 Å². The van der Waals surface area contributed by atoms with Crippen LogP contribution in [0.1, 0.15) is 26.5 Å². The molecule has 0 aliphatic carbocycles. The predicted octanol–water partition coefficient (Wildman–Crippen LogP) is 4.03. The molecule has 0 saturated heterocycles. The summed E-state index contributed by atoms with van der Waals surface area (Å²) in [6, 6.07) is 13.8. The smallest absolute Gasteiger partial charge is 0.261 e. The summed E-state index contributed by atoms with van der Waals surface area (Å²) in [5, 5.41) is 7.30.